The van der Waals surface area contributed by atoms with E-state index in [0.717, 1.165) is 16.7 Å². The molecule has 0 saturated heterocycles. The number of allylic oxidation sites excluding steroid dienone is 1. The van der Waals surface area contributed by atoms with Crippen LogP contribution in [0.5, 0.6) is 11.5 Å². The zero-order valence-electron chi connectivity index (χ0n) is 28.3. The lowest BCUT2D eigenvalue weighted by Crippen LogP contribution is -2.31. The molecule has 6 rings (SSSR count). The van der Waals surface area contributed by atoms with Crippen molar-refractivity contribution in [2.75, 3.05) is 17.2 Å². The molecule has 1 unspecified atom stereocenters. The summed E-state index contributed by atoms with van der Waals surface area (Å²) in [4.78, 5) is 18.8. The van der Waals surface area contributed by atoms with Gasteiger partial charge in [-0.05, 0) is 71.8 Å². The minimum Gasteiger partial charge on any atom is -0.490 e. The molecule has 1 aliphatic heterocycles. The summed E-state index contributed by atoms with van der Waals surface area (Å²) in [5.41, 5.74) is 6.09. The number of ether oxygens (including phenoxy) is 2. The summed E-state index contributed by atoms with van der Waals surface area (Å²) in [7, 11) is 0. The Kier molecular flexibility index (Phi) is 10.3. The summed E-state index contributed by atoms with van der Waals surface area (Å²) >= 11 is 7.90. The summed E-state index contributed by atoms with van der Waals surface area (Å²) in [5, 5.41) is 12.5. The third-order valence-electron chi connectivity index (χ3n) is 8.22. The van der Waals surface area contributed by atoms with Crippen LogP contribution in [0, 0.1) is 0 Å². The van der Waals surface area contributed by atoms with Crippen molar-refractivity contribution in [2.24, 2.45) is 0 Å². The number of carbonyl (C=O) groups is 1. The highest BCUT2D eigenvalue weighted by molar-refractivity contribution is 7.98. The first kappa shape index (κ1) is 34.1. The van der Waals surface area contributed by atoms with Crippen LogP contribution < -0.4 is 20.1 Å². The van der Waals surface area contributed by atoms with E-state index in [4.69, 9.17) is 31.2 Å². The molecule has 0 aliphatic carbocycles. The van der Waals surface area contributed by atoms with Crippen molar-refractivity contribution in [2.45, 2.75) is 63.6 Å². The van der Waals surface area contributed by atoms with E-state index in [1.807, 2.05) is 86.6 Å². The third kappa shape index (κ3) is 7.95. The van der Waals surface area contributed by atoms with E-state index in [1.54, 1.807) is 4.68 Å². The zero-order chi connectivity index (χ0) is 34.5. The van der Waals surface area contributed by atoms with Gasteiger partial charge in [-0.25, -0.2) is 4.68 Å². The molecule has 0 radical (unpaired) electrons. The fourth-order valence-electron chi connectivity index (χ4n) is 5.62. The molecule has 1 atom stereocenters. The van der Waals surface area contributed by atoms with Crippen LogP contribution in [0.4, 0.5) is 11.6 Å². The van der Waals surface area contributed by atoms with Crippen LogP contribution in [0.25, 0.3) is 0 Å². The minimum atomic E-state index is -0.597. The predicted molar refractivity (Wildman–Crippen MR) is 198 cm³/mol. The van der Waals surface area contributed by atoms with Gasteiger partial charge in [-0.1, -0.05) is 111 Å². The Hall–Kier alpha value is -4.73. The lowest BCUT2D eigenvalue weighted by atomic mass is 9.87. The minimum absolute atomic E-state index is 0.0780. The maximum absolute atomic E-state index is 14.0. The number of amides is 1. The Bertz CT molecular complexity index is 1970. The van der Waals surface area contributed by atoms with E-state index in [1.165, 1.54) is 17.3 Å². The second-order valence-electron chi connectivity index (χ2n) is 12.8. The van der Waals surface area contributed by atoms with Gasteiger partial charge in [0.2, 0.25) is 11.1 Å². The van der Waals surface area contributed by atoms with Crippen molar-refractivity contribution in [3.63, 3.8) is 0 Å². The predicted octanol–water partition coefficient (Wildman–Crippen LogP) is 9.43. The first-order valence-electron chi connectivity index (χ1n) is 16.3. The number of rotatable bonds is 11. The summed E-state index contributed by atoms with van der Waals surface area (Å²) < 4.78 is 14.2. The van der Waals surface area contributed by atoms with Crippen molar-refractivity contribution in [3.8, 4) is 11.5 Å². The number of hydrogen-bond acceptors (Lipinski definition) is 7. The lowest BCUT2D eigenvalue weighted by Gasteiger charge is -2.29. The Morgan fingerprint density at radius 1 is 0.959 bits per heavy atom. The third-order valence-corrected chi connectivity index (χ3v) is 9.48. The maximum atomic E-state index is 14.0. The Labute approximate surface area is 296 Å². The highest BCUT2D eigenvalue weighted by Gasteiger charge is 2.35. The first-order chi connectivity index (χ1) is 23.6. The molecule has 49 heavy (non-hydrogen) atoms. The number of anilines is 2. The van der Waals surface area contributed by atoms with Gasteiger partial charge in [-0.3, -0.25) is 4.79 Å². The summed E-state index contributed by atoms with van der Waals surface area (Å²) in [6.07, 6.45) is 0. The second-order valence-corrected chi connectivity index (χ2v) is 14.2. The average Bonchev–Trinajstić information content (AvgIpc) is 3.49. The molecule has 2 N–H and O–H groups in total. The molecular formula is C39H40ClN5O3S. The van der Waals surface area contributed by atoms with Crippen LogP contribution in [-0.4, -0.2) is 27.3 Å². The number of para-hydroxylation sites is 1. The molecule has 1 aromatic heterocycles. The van der Waals surface area contributed by atoms with Gasteiger partial charge in [0.15, 0.2) is 11.5 Å². The Morgan fingerprint density at radius 2 is 1.69 bits per heavy atom. The van der Waals surface area contributed by atoms with Crippen molar-refractivity contribution in [1.29, 1.82) is 0 Å². The lowest BCUT2D eigenvalue weighted by molar-refractivity contribution is -0.113. The quantitative estimate of drug-likeness (QED) is 0.133. The van der Waals surface area contributed by atoms with Crippen molar-refractivity contribution >= 4 is 40.9 Å². The van der Waals surface area contributed by atoms with E-state index < -0.39 is 6.04 Å². The SMILES string of the molecule is CCOc1cc(C2C(C(=O)Nc3ccccc3)=C(C)Nc3nc(SCc4ccccc4Cl)nn32)ccc1OCc1ccc(C(C)(C)C)cc1. The Balaban J connectivity index is 1.33. The van der Waals surface area contributed by atoms with Crippen LogP contribution in [0.15, 0.2) is 113 Å². The number of halogens is 1. The molecular weight excluding hydrogens is 654 g/mol. The van der Waals surface area contributed by atoms with E-state index in [0.29, 0.717) is 63.6 Å². The van der Waals surface area contributed by atoms with Gasteiger partial charge in [-0.15, -0.1) is 5.10 Å². The summed E-state index contributed by atoms with van der Waals surface area (Å²) in [5.74, 6) is 2.09. The fraction of sp³-hybridized carbons (Fsp3) is 0.256. The van der Waals surface area contributed by atoms with Crippen LogP contribution in [0.2, 0.25) is 5.02 Å². The van der Waals surface area contributed by atoms with Crippen LogP contribution in [-0.2, 0) is 22.6 Å². The number of hydrogen-bond donors (Lipinski definition) is 2. The van der Waals surface area contributed by atoms with E-state index >= 15 is 0 Å². The molecule has 0 spiro atoms. The molecule has 2 heterocycles. The maximum Gasteiger partial charge on any atom is 0.255 e. The highest BCUT2D eigenvalue weighted by Crippen LogP contribution is 2.40. The largest absolute Gasteiger partial charge is 0.490 e. The van der Waals surface area contributed by atoms with Gasteiger partial charge in [-0.2, -0.15) is 4.98 Å². The smallest absolute Gasteiger partial charge is 0.255 e. The van der Waals surface area contributed by atoms with E-state index in [2.05, 4.69) is 55.7 Å². The number of carbonyl (C=O) groups excluding carboxylic acids is 1. The molecule has 1 amide bonds. The number of aromatic nitrogens is 3. The van der Waals surface area contributed by atoms with Crippen molar-refractivity contribution < 1.29 is 14.3 Å². The number of fused-ring (bicyclic) bond motifs is 1. The number of benzene rings is 4. The molecule has 10 heteroatoms. The zero-order valence-corrected chi connectivity index (χ0v) is 29.9. The van der Waals surface area contributed by atoms with Crippen LogP contribution in [0.3, 0.4) is 0 Å². The van der Waals surface area contributed by atoms with Crippen LogP contribution >= 0.6 is 23.4 Å². The van der Waals surface area contributed by atoms with Gasteiger partial charge in [0.25, 0.3) is 5.91 Å². The van der Waals surface area contributed by atoms with Gasteiger partial charge in [0, 0.05) is 22.2 Å². The van der Waals surface area contributed by atoms with Crippen molar-refractivity contribution in [3.05, 3.63) is 136 Å². The normalized spacial score (nSPS) is 14.2. The number of thioether (sulfide) groups is 1. The van der Waals surface area contributed by atoms with Gasteiger partial charge in [0.05, 0.1) is 12.2 Å². The number of nitrogens with one attached hydrogen (secondary N) is 2. The van der Waals surface area contributed by atoms with Gasteiger partial charge >= 0.3 is 0 Å². The topological polar surface area (TPSA) is 90.3 Å². The van der Waals surface area contributed by atoms with E-state index in [-0.39, 0.29) is 11.3 Å². The second kappa shape index (κ2) is 14.8. The van der Waals surface area contributed by atoms with E-state index in [9.17, 15) is 4.79 Å². The molecule has 0 bridgehead atoms. The fourth-order valence-corrected chi connectivity index (χ4v) is 6.73. The molecule has 252 valence electrons. The monoisotopic (exact) mass is 693 g/mol. The van der Waals surface area contributed by atoms with Crippen molar-refractivity contribution in [1.82, 2.24) is 14.8 Å². The first-order valence-corrected chi connectivity index (χ1v) is 17.6. The molecule has 5 aromatic rings. The average molecular weight is 694 g/mol. The Morgan fingerprint density at radius 3 is 2.41 bits per heavy atom. The van der Waals surface area contributed by atoms with Gasteiger partial charge < -0.3 is 20.1 Å². The standard InChI is InChI=1S/C39H40ClN5O3S/c1-6-47-33-22-27(18-21-32(33)48-23-26-16-19-29(20-17-26)39(3,4)5)35-34(36(46)42-30-13-8-7-9-14-30)25(2)41-37-43-38(44-45(35)37)49-24-28-12-10-11-15-31(28)40/h7-22,35H,6,23-24H2,1-5H3,(H,42,46)(H,41,43,44). The summed E-state index contributed by atoms with van der Waals surface area (Å²) in [6.45, 7) is 11.3. The highest BCUT2D eigenvalue weighted by atomic mass is 35.5. The van der Waals surface area contributed by atoms with Crippen LogP contribution in [0.1, 0.15) is 62.9 Å². The van der Waals surface area contributed by atoms with Gasteiger partial charge in [0.1, 0.15) is 12.6 Å². The molecule has 0 fully saturated rings. The molecule has 0 saturated carbocycles. The molecule has 1 aliphatic rings. The molecule has 8 nitrogen and oxygen atoms in total. The molecule has 4 aromatic carbocycles. The summed E-state index contributed by atoms with van der Waals surface area (Å²) in [6, 6.07) is 30.8. The number of nitrogens with zero attached hydrogens (tertiary/aromatic N) is 3.